The van der Waals surface area contributed by atoms with Crippen LogP contribution in [0.3, 0.4) is 0 Å². The van der Waals surface area contributed by atoms with Gasteiger partial charge in [0.05, 0.1) is 25.3 Å². The molecule has 1 heterocycles. The van der Waals surface area contributed by atoms with Gasteiger partial charge in [0, 0.05) is 17.8 Å². The summed E-state index contributed by atoms with van der Waals surface area (Å²) in [6.45, 7) is 12.4. The van der Waals surface area contributed by atoms with Crippen LogP contribution in [0.2, 0.25) is 0 Å². The van der Waals surface area contributed by atoms with E-state index in [1.165, 1.54) is 6.08 Å². The van der Waals surface area contributed by atoms with Crippen LogP contribution in [0, 0.1) is 19.8 Å². The molecule has 0 saturated heterocycles. The molecule has 0 radical (unpaired) electrons. The van der Waals surface area contributed by atoms with Crippen LogP contribution in [-0.4, -0.2) is 46.0 Å². The zero-order valence-corrected chi connectivity index (χ0v) is 14.8. The lowest BCUT2D eigenvalue weighted by molar-refractivity contribution is -0.143. The second-order valence-electron chi connectivity index (χ2n) is 6.19. The predicted octanol–water partition coefficient (Wildman–Crippen LogP) is 1.47. The van der Waals surface area contributed by atoms with Crippen molar-refractivity contribution in [1.29, 1.82) is 0 Å². The van der Waals surface area contributed by atoms with E-state index in [-0.39, 0.29) is 25.5 Å². The molecule has 0 aliphatic carbocycles. The van der Waals surface area contributed by atoms with E-state index in [1.807, 2.05) is 18.5 Å². The van der Waals surface area contributed by atoms with Gasteiger partial charge in [-0.3, -0.25) is 9.48 Å². The maximum atomic E-state index is 12.2. The van der Waals surface area contributed by atoms with Crippen LogP contribution in [0.4, 0.5) is 0 Å². The van der Waals surface area contributed by atoms with Gasteiger partial charge in [-0.1, -0.05) is 19.9 Å². The molecule has 1 rings (SSSR count). The van der Waals surface area contributed by atoms with Crippen molar-refractivity contribution in [3.05, 3.63) is 29.6 Å². The number of aromatic nitrogens is 2. The van der Waals surface area contributed by atoms with E-state index < -0.39 is 12.0 Å². The number of carbonyl (C=O) groups excluding carboxylic acids is 1. The van der Waals surface area contributed by atoms with Crippen molar-refractivity contribution < 1.29 is 19.4 Å². The fourth-order valence-corrected chi connectivity index (χ4v) is 2.36. The van der Waals surface area contributed by atoms with Crippen molar-refractivity contribution in [2.24, 2.45) is 5.92 Å². The molecule has 0 aliphatic heterocycles. The molecule has 0 saturated carbocycles. The number of hydrogen-bond donors (Lipinski definition) is 2. The summed E-state index contributed by atoms with van der Waals surface area (Å²) >= 11 is 0. The molecular formula is C17H27N3O4. The van der Waals surface area contributed by atoms with Crippen molar-refractivity contribution in [2.45, 2.75) is 46.7 Å². The van der Waals surface area contributed by atoms with E-state index in [1.54, 1.807) is 0 Å². The monoisotopic (exact) mass is 337 g/mol. The van der Waals surface area contributed by atoms with Gasteiger partial charge in [-0.2, -0.15) is 5.10 Å². The first-order valence-corrected chi connectivity index (χ1v) is 7.99. The van der Waals surface area contributed by atoms with Crippen molar-refractivity contribution in [3.8, 4) is 0 Å². The summed E-state index contributed by atoms with van der Waals surface area (Å²) in [5.41, 5.74) is 2.56. The maximum Gasteiger partial charge on any atom is 0.328 e. The molecule has 134 valence electrons. The Morgan fingerprint density at radius 3 is 2.62 bits per heavy atom. The number of carboxylic acids is 1. The second kappa shape index (κ2) is 9.22. The first-order valence-electron chi connectivity index (χ1n) is 7.99. The van der Waals surface area contributed by atoms with Crippen LogP contribution < -0.4 is 5.32 Å². The first kappa shape index (κ1) is 19.9. The number of hydrogen-bond acceptors (Lipinski definition) is 4. The Balaban J connectivity index is 2.74. The number of nitrogens with one attached hydrogen (secondary N) is 1. The van der Waals surface area contributed by atoms with Crippen LogP contribution in [0.15, 0.2) is 12.7 Å². The number of rotatable bonds is 10. The average Bonchev–Trinajstić information content (AvgIpc) is 2.73. The van der Waals surface area contributed by atoms with Gasteiger partial charge >= 0.3 is 5.97 Å². The number of carbonyl (C=O) groups is 2. The molecule has 0 bridgehead atoms. The van der Waals surface area contributed by atoms with Gasteiger partial charge in [0.15, 0.2) is 6.04 Å². The second-order valence-corrected chi connectivity index (χ2v) is 6.19. The van der Waals surface area contributed by atoms with Crippen molar-refractivity contribution >= 4 is 11.9 Å². The molecule has 7 nitrogen and oxygen atoms in total. The summed E-state index contributed by atoms with van der Waals surface area (Å²) < 4.78 is 7.02. The van der Waals surface area contributed by atoms with Gasteiger partial charge in [-0.15, -0.1) is 6.58 Å². The smallest absolute Gasteiger partial charge is 0.328 e. The number of ether oxygens (including phenoxy) is 1. The highest BCUT2D eigenvalue weighted by Gasteiger charge is 2.22. The first-order chi connectivity index (χ1) is 11.3. The summed E-state index contributed by atoms with van der Waals surface area (Å²) in [5, 5.41) is 16.1. The van der Waals surface area contributed by atoms with Crippen LogP contribution in [0.5, 0.6) is 0 Å². The molecule has 0 spiro atoms. The molecule has 0 aliphatic rings. The molecule has 1 aromatic rings. The van der Waals surface area contributed by atoms with Gasteiger partial charge in [0.25, 0.3) is 0 Å². The largest absolute Gasteiger partial charge is 0.480 e. The van der Waals surface area contributed by atoms with Crippen molar-refractivity contribution in [2.75, 3.05) is 13.2 Å². The fraction of sp³-hybridized carbons (Fsp3) is 0.588. The quantitative estimate of drug-likeness (QED) is 0.498. The van der Waals surface area contributed by atoms with E-state index in [0.717, 1.165) is 23.5 Å². The Labute approximate surface area is 142 Å². The third-order valence-electron chi connectivity index (χ3n) is 3.56. The lowest BCUT2D eigenvalue weighted by Crippen LogP contribution is -2.44. The summed E-state index contributed by atoms with van der Waals surface area (Å²) in [4.78, 5) is 23.4. The standard InChI is InChI=1S/C17H27N3O4/c1-6-7-24-10-15(17(22)23)18-16(21)8-14-12(4)19-20(13(14)5)9-11(2)3/h6,11,15H,1,7-10H2,2-5H3,(H,18,21)(H,22,23). The van der Waals surface area contributed by atoms with Gasteiger partial charge in [0.1, 0.15) is 0 Å². The molecule has 0 fully saturated rings. The van der Waals surface area contributed by atoms with E-state index in [2.05, 4.69) is 30.8 Å². The summed E-state index contributed by atoms with van der Waals surface area (Å²) in [6.07, 6.45) is 1.62. The zero-order valence-electron chi connectivity index (χ0n) is 14.8. The molecule has 7 heteroatoms. The Morgan fingerprint density at radius 1 is 1.42 bits per heavy atom. The fourth-order valence-electron chi connectivity index (χ4n) is 2.36. The molecule has 24 heavy (non-hydrogen) atoms. The lowest BCUT2D eigenvalue weighted by atomic mass is 10.1. The third-order valence-corrected chi connectivity index (χ3v) is 3.56. The number of amides is 1. The normalized spacial score (nSPS) is 12.2. The molecule has 1 amide bonds. The number of carboxylic acid groups (broad SMARTS) is 1. The molecular weight excluding hydrogens is 310 g/mol. The van der Waals surface area contributed by atoms with Crippen LogP contribution in [-0.2, 0) is 27.3 Å². The van der Waals surface area contributed by atoms with Crippen molar-refractivity contribution in [1.82, 2.24) is 15.1 Å². The van der Waals surface area contributed by atoms with Gasteiger partial charge in [-0.05, 0) is 19.8 Å². The molecule has 0 aromatic carbocycles. The summed E-state index contributed by atoms with van der Waals surface area (Å²) in [6, 6.07) is -1.08. The Morgan fingerprint density at radius 2 is 2.08 bits per heavy atom. The minimum atomic E-state index is -1.13. The zero-order chi connectivity index (χ0) is 18.3. The molecule has 1 aromatic heterocycles. The van der Waals surface area contributed by atoms with E-state index in [9.17, 15) is 9.59 Å². The molecule has 1 unspecified atom stereocenters. The topological polar surface area (TPSA) is 93.5 Å². The minimum absolute atomic E-state index is 0.0982. The van der Waals surface area contributed by atoms with E-state index in [4.69, 9.17) is 9.84 Å². The van der Waals surface area contributed by atoms with Crippen LogP contribution in [0.25, 0.3) is 0 Å². The highest BCUT2D eigenvalue weighted by molar-refractivity contribution is 5.85. The number of aliphatic carboxylic acids is 1. The van der Waals surface area contributed by atoms with Crippen molar-refractivity contribution in [3.63, 3.8) is 0 Å². The van der Waals surface area contributed by atoms with Crippen LogP contribution >= 0.6 is 0 Å². The molecule has 2 N–H and O–H groups in total. The van der Waals surface area contributed by atoms with Gasteiger partial charge in [0.2, 0.25) is 5.91 Å². The highest BCUT2D eigenvalue weighted by Crippen LogP contribution is 2.15. The number of aryl methyl sites for hydroxylation is 1. The van der Waals surface area contributed by atoms with Gasteiger partial charge in [-0.25, -0.2) is 4.79 Å². The molecule has 1 atom stereocenters. The Bertz CT molecular complexity index is 593. The van der Waals surface area contributed by atoms with E-state index in [0.29, 0.717) is 5.92 Å². The maximum absolute atomic E-state index is 12.2. The lowest BCUT2D eigenvalue weighted by Gasteiger charge is -2.14. The average molecular weight is 337 g/mol. The Kier molecular flexibility index (Phi) is 7.64. The minimum Gasteiger partial charge on any atom is -0.480 e. The van der Waals surface area contributed by atoms with E-state index >= 15 is 0 Å². The highest BCUT2D eigenvalue weighted by atomic mass is 16.5. The number of nitrogens with zero attached hydrogens (tertiary/aromatic N) is 2. The van der Waals surface area contributed by atoms with Crippen LogP contribution in [0.1, 0.15) is 30.8 Å². The summed E-state index contributed by atoms with van der Waals surface area (Å²) in [7, 11) is 0. The third kappa shape index (κ3) is 5.81. The summed E-state index contributed by atoms with van der Waals surface area (Å²) in [5.74, 6) is -1.04. The Hall–Kier alpha value is -2.15. The predicted molar refractivity (Wildman–Crippen MR) is 90.8 cm³/mol. The van der Waals surface area contributed by atoms with Gasteiger partial charge < -0.3 is 15.2 Å². The SMILES string of the molecule is C=CCOCC(NC(=O)Cc1c(C)nn(CC(C)C)c1C)C(=O)O.